The molecule has 0 unspecified atom stereocenters. The molecule has 2 fully saturated rings. The molecule has 2 amide bonds. The first kappa shape index (κ1) is 26.0. The lowest BCUT2D eigenvalue weighted by Crippen LogP contribution is -2.48. The Morgan fingerprint density at radius 3 is 2.33 bits per heavy atom. The molecular weight excluding hydrogens is 504 g/mol. The van der Waals surface area contributed by atoms with E-state index >= 15 is 0 Å². The number of rotatable bonds is 4. The predicted molar refractivity (Wildman–Crippen MR) is 153 cm³/mol. The second kappa shape index (κ2) is 10.0. The van der Waals surface area contributed by atoms with Gasteiger partial charge in [0.1, 0.15) is 11.4 Å². The molecule has 4 aromatic rings. The minimum atomic E-state index is -0.528. The Balaban J connectivity index is 1.33. The van der Waals surface area contributed by atoms with Crippen molar-refractivity contribution in [1.82, 2.24) is 24.5 Å². The van der Waals surface area contributed by atoms with Crippen LogP contribution in [0.25, 0.3) is 28.0 Å². The van der Waals surface area contributed by atoms with Crippen LogP contribution in [0.3, 0.4) is 0 Å². The zero-order chi connectivity index (χ0) is 28.0. The van der Waals surface area contributed by atoms with Crippen LogP contribution in [0.4, 0.5) is 10.6 Å². The first-order chi connectivity index (χ1) is 19.2. The number of piperidine rings is 1. The monoisotopic (exact) mass is 538 g/mol. The number of nitrogens with zero attached hydrogens (tertiary/aromatic N) is 5. The molecule has 2 aliphatic rings. The summed E-state index contributed by atoms with van der Waals surface area (Å²) in [5.41, 5.74) is 4.71. The zero-order valence-corrected chi connectivity index (χ0v) is 23.3. The van der Waals surface area contributed by atoms with Crippen LogP contribution in [-0.4, -0.2) is 54.2 Å². The molecule has 0 aliphatic carbocycles. The fourth-order valence-electron chi connectivity index (χ4n) is 6.03. The fraction of sp³-hybridized carbons (Fsp3) is 0.387. The van der Waals surface area contributed by atoms with Crippen molar-refractivity contribution >= 4 is 23.5 Å². The average Bonchev–Trinajstić information content (AvgIpc) is 3.46. The summed E-state index contributed by atoms with van der Waals surface area (Å²) in [5.74, 6) is 0.550. The van der Waals surface area contributed by atoms with Crippen molar-refractivity contribution in [1.29, 1.82) is 0 Å². The van der Waals surface area contributed by atoms with Gasteiger partial charge in [0.25, 0.3) is 0 Å². The lowest BCUT2D eigenvalue weighted by molar-refractivity contribution is -0.114. The van der Waals surface area contributed by atoms with Crippen molar-refractivity contribution in [3.63, 3.8) is 0 Å². The molecule has 3 atom stereocenters. The number of fused-ring (bicyclic) bond motifs is 3. The molecule has 206 valence electrons. The smallest absolute Gasteiger partial charge is 0.410 e. The fourth-order valence-corrected chi connectivity index (χ4v) is 6.03. The molecule has 0 radical (unpaired) electrons. The van der Waals surface area contributed by atoms with Gasteiger partial charge in [-0.15, -0.1) is 0 Å². The Morgan fingerprint density at radius 1 is 0.975 bits per heavy atom. The average molecular weight is 539 g/mol. The summed E-state index contributed by atoms with van der Waals surface area (Å²) in [4.78, 5) is 36.8. The second-order valence-corrected chi connectivity index (χ2v) is 11.8. The van der Waals surface area contributed by atoms with Crippen molar-refractivity contribution in [2.75, 3.05) is 5.32 Å². The van der Waals surface area contributed by atoms with Crippen molar-refractivity contribution in [3.8, 4) is 22.4 Å². The molecule has 2 aliphatic heterocycles. The molecule has 2 saturated heterocycles. The van der Waals surface area contributed by atoms with Gasteiger partial charge in [-0.05, 0) is 52.5 Å². The summed E-state index contributed by atoms with van der Waals surface area (Å²) in [5, 5.41) is 7.50. The summed E-state index contributed by atoms with van der Waals surface area (Å²) in [6.45, 7) is 7.19. The number of carbonyl (C=O) groups is 2. The van der Waals surface area contributed by atoms with Crippen LogP contribution < -0.4 is 5.32 Å². The van der Waals surface area contributed by atoms with E-state index in [9.17, 15) is 9.59 Å². The van der Waals surface area contributed by atoms with Crippen molar-refractivity contribution in [2.24, 2.45) is 0 Å². The van der Waals surface area contributed by atoms with E-state index in [1.54, 1.807) is 10.7 Å². The third-order valence-electron chi connectivity index (χ3n) is 7.70. The highest BCUT2D eigenvalue weighted by Gasteiger charge is 2.45. The van der Waals surface area contributed by atoms with Crippen LogP contribution in [0.15, 0.2) is 60.9 Å². The number of ether oxygens (including phenoxy) is 1. The van der Waals surface area contributed by atoms with E-state index in [1.165, 1.54) is 6.92 Å². The number of nitrogens with one attached hydrogen (secondary N) is 1. The summed E-state index contributed by atoms with van der Waals surface area (Å²) in [6.07, 6.45) is 6.89. The zero-order valence-electron chi connectivity index (χ0n) is 23.3. The van der Waals surface area contributed by atoms with Gasteiger partial charge >= 0.3 is 6.09 Å². The quantitative estimate of drug-likeness (QED) is 0.339. The van der Waals surface area contributed by atoms with Crippen LogP contribution in [0.5, 0.6) is 0 Å². The molecule has 1 N–H and O–H groups in total. The van der Waals surface area contributed by atoms with E-state index in [0.29, 0.717) is 11.5 Å². The molecule has 9 nitrogen and oxygen atoms in total. The number of pyridine rings is 1. The van der Waals surface area contributed by atoms with Gasteiger partial charge in [0.15, 0.2) is 5.65 Å². The third kappa shape index (κ3) is 5.03. The standard InChI is InChI=1S/C31H34N6O3/c1-19(38)34-28-16-27(22-14-23-11-12-24(15-22)36(23)30(39)40-31(2,3)4)35-29-25(18-33-37(28)29)21-10-13-26(32-17-21)20-8-6-5-7-9-20/h5-10,13,16-18,22-24H,11-12,14-15H2,1-4H3,(H,34,38)/t22-,23-,24+. The lowest BCUT2D eigenvalue weighted by atomic mass is 9.88. The normalized spacial score (nSPS) is 20.5. The van der Waals surface area contributed by atoms with E-state index in [-0.39, 0.29) is 30.0 Å². The molecule has 40 heavy (non-hydrogen) atoms. The van der Waals surface area contributed by atoms with Gasteiger partial charge in [0.05, 0.1) is 11.9 Å². The highest BCUT2D eigenvalue weighted by Crippen LogP contribution is 2.44. The number of anilines is 1. The number of carbonyl (C=O) groups excluding carboxylic acids is 2. The summed E-state index contributed by atoms with van der Waals surface area (Å²) in [6, 6.07) is 16.2. The van der Waals surface area contributed by atoms with Gasteiger partial charge in [-0.25, -0.2) is 9.78 Å². The van der Waals surface area contributed by atoms with Crippen LogP contribution in [0.2, 0.25) is 0 Å². The second-order valence-electron chi connectivity index (χ2n) is 11.8. The topological polar surface area (TPSA) is 102 Å². The van der Waals surface area contributed by atoms with E-state index in [1.807, 2.05) is 80.4 Å². The van der Waals surface area contributed by atoms with E-state index in [0.717, 1.165) is 53.8 Å². The van der Waals surface area contributed by atoms with Gasteiger partial charge in [-0.3, -0.25) is 9.78 Å². The van der Waals surface area contributed by atoms with Gasteiger partial charge < -0.3 is 15.0 Å². The van der Waals surface area contributed by atoms with Crippen LogP contribution in [-0.2, 0) is 9.53 Å². The van der Waals surface area contributed by atoms with Crippen molar-refractivity contribution in [3.05, 3.63) is 66.6 Å². The van der Waals surface area contributed by atoms with Crippen molar-refractivity contribution in [2.45, 2.75) is 77.0 Å². The van der Waals surface area contributed by atoms with E-state index in [4.69, 9.17) is 9.72 Å². The Morgan fingerprint density at radius 2 is 1.70 bits per heavy atom. The Hall–Kier alpha value is -4.27. The Kier molecular flexibility index (Phi) is 6.52. The summed E-state index contributed by atoms with van der Waals surface area (Å²) < 4.78 is 7.39. The largest absolute Gasteiger partial charge is 0.444 e. The highest BCUT2D eigenvalue weighted by molar-refractivity contribution is 5.89. The first-order valence-electron chi connectivity index (χ1n) is 13.9. The van der Waals surface area contributed by atoms with E-state index < -0.39 is 5.60 Å². The van der Waals surface area contributed by atoms with E-state index in [2.05, 4.69) is 15.4 Å². The van der Waals surface area contributed by atoms with Gasteiger partial charge in [-0.2, -0.15) is 9.61 Å². The maximum absolute atomic E-state index is 13.0. The SMILES string of the molecule is CC(=O)Nc1cc([C@@H]2C[C@H]3CC[C@@H](C2)N3C(=O)OC(C)(C)C)nc2c(-c3ccc(-c4ccccc4)nc3)cnn12. The van der Waals surface area contributed by atoms with Crippen molar-refractivity contribution < 1.29 is 14.3 Å². The molecule has 0 spiro atoms. The number of benzene rings is 1. The Labute approximate surface area is 233 Å². The molecule has 9 heteroatoms. The van der Waals surface area contributed by atoms with Crippen LogP contribution >= 0.6 is 0 Å². The molecule has 6 rings (SSSR count). The number of aromatic nitrogens is 4. The summed E-state index contributed by atoms with van der Waals surface area (Å²) >= 11 is 0. The van der Waals surface area contributed by atoms with Gasteiger partial charge in [0.2, 0.25) is 5.91 Å². The summed E-state index contributed by atoms with van der Waals surface area (Å²) in [7, 11) is 0. The lowest BCUT2D eigenvalue weighted by Gasteiger charge is -2.39. The highest BCUT2D eigenvalue weighted by atomic mass is 16.6. The maximum Gasteiger partial charge on any atom is 0.410 e. The molecule has 5 heterocycles. The van der Waals surface area contributed by atoms with Gasteiger partial charge in [0, 0.05) is 59.6 Å². The predicted octanol–water partition coefficient (Wildman–Crippen LogP) is 6.06. The van der Waals surface area contributed by atoms with Crippen LogP contribution in [0.1, 0.15) is 65.0 Å². The molecule has 0 saturated carbocycles. The number of hydrogen-bond donors (Lipinski definition) is 1. The Bertz CT molecular complexity index is 1540. The molecule has 2 bridgehead atoms. The van der Waals surface area contributed by atoms with Crippen LogP contribution in [0, 0.1) is 0 Å². The molecular formula is C31H34N6O3. The minimum Gasteiger partial charge on any atom is -0.444 e. The number of amides is 2. The van der Waals surface area contributed by atoms with Gasteiger partial charge in [-0.1, -0.05) is 36.4 Å². The minimum absolute atomic E-state index is 0.111. The third-order valence-corrected chi connectivity index (χ3v) is 7.70. The molecule has 3 aromatic heterocycles. The maximum atomic E-state index is 13.0. The molecule has 1 aromatic carbocycles. The first-order valence-corrected chi connectivity index (χ1v) is 13.9. The number of hydrogen-bond acceptors (Lipinski definition) is 6.